The number of ketones is 1. The molecule has 2 nitrogen and oxygen atoms in total. The molecule has 1 atom stereocenters. The third kappa shape index (κ3) is 3.28. The van der Waals surface area contributed by atoms with Crippen LogP contribution >= 0.6 is 11.3 Å². The Kier molecular flexibility index (Phi) is 4.67. The Morgan fingerprint density at radius 2 is 2.00 bits per heavy atom. The summed E-state index contributed by atoms with van der Waals surface area (Å²) >= 11 is 1.51. The second-order valence-corrected chi connectivity index (χ2v) is 5.15. The van der Waals surface area contributed by atoms with Crippen molar-refractivity contribution in [2.75, 3.05) is 7.05 Å². The Balaban J connectivity index is 1.96. The first-order chi connectivity index (χ1) is 8.81. The van der Waals surface area contributed by atoms with Gasteiger partial charge in [-0.2, -0.15) is 0 Å². The number of carbonyl (C=O) groups excluding carboxylic acids is 1. The molecule has 0 saturated heterocycles. The fraction of sp³-hybridized carbons (Fsp3) is 0.267. The van der Waals surface area contributed by atoms with Crippen LogP contribution in [0.15, 0.2) is 47.8 Å². The molecule has 0 aliphatic heterocycles. The molecule has 0 amide bonds. The minimum Gasteiger partial charge on any atom is -0.310 e. The number of hydrogen-bond donors (Lipinski definition) is 1. The number of thiophene rings is 1. The fourth-order valence-electron chi connectivity index (χ4n) is 1.95. The molecule has 18 heavy (non-hydrogen) atoms. The van der Waals surface area contributed by atoms with E-state index >= 15 is 0 Å². The van der Waals surface area contributed by atoms with Crippen molar-refractivity contribution in [3.8, 4) is 0 Å². The van der Waals surface area contributed by atoms with Gasteiger partial charge in [-0.3, -0.25) is 4.79 Å². The van der Waals surface area contributed by atoms with Gasteiger partial charge in [-0.15, -0.1) is 11.3 Å². The number of likely N-dealkylation sites (N-methyl/N-ethyl adjacent to an activating group) is 1. The summed E-state index contributed by atoms with van der Waals surface area (Å²) in [7, 11) is 1.85. The summed E-state index contributed by atoms with van der Waals surface area (Å²) in [4.78, 5) is 13.0. The van der Waals surface area contributed by atoms with E-state index in [-0.39, 0.29) is 11.8 Å². The van der Waals surface area contributed by atoms with Gasteiger partial charge in [-0.25, -0.2) is 0 Å². The van der Waals surface area contributed by atoms with E-state index in [1.807, 2.05) is 42.8 Å². The van der Waals surface area contributed by atoms with Gasteiger partial charge >= 0.3 is 0 Å². The molecule has 0 bridgehead atoms. The van der Waals surface area contributed by atoms with Crippen LogP contribution in [0.3, 0.4) is 0 Å². The maximum Gasteiger partial charge on any atom is 0.189 e. The molecule has 3 heteroatoms. The number of carbonyl (C=O) groups is 1. The Bertz CT molecular complexity index is 478. The standard InChI is InChI=1S/C15H17NOS/c1-16-13(15(17)14-8-5-11-18-14)10-9-12-6-3-2-4-7-12/h2-8,11,13,16H,9-10H2,1H3. The molecule has 1 aromatic carbocycles. The van der Waals surface area contributed by atoms with Crippen molar-refractivity contribution in [3.05, 3.63) is 58.3 Å². The summed E-state index contributed by atoms with van der Waals surface area (Å²) < 4.78 is 0. The number of rotatable bonds is 6. The Labute approximate surface area is 112 Å². The SMILES string of the molecule is CNC(CCc1ccccc1)C(=O)c1cccs1. The highest BCUT2D eigenvalue weighted by atomic mass is 32.1. The minimum absolute atomic E-state index is 0.0937. The van der Waals surface area contributed by atoms with Crippen LogP contribution in [0.25, 0.3) is 0 Å². The topological polar surface area (TPSA) is 29.1 Å². The summed E-state index contributed by atoms with van der Waals surface area (Å²) in [5, 5.41) is 5.06. The van der Waals surface area contributed by atoms with Crippen molar-refractivity contribution in [2.45, 2.75) is 18.9 Å². The molecule has 1 heterocycles. The van der Waals surface area contributed by atoms with Crippen LogP contribution in [0.2, 0.25) is 0 Å². The summed E-state index contributed by atoms with van der Waals surface area (Å²) in [5.41, 5.74) is 1.27. The van der Waals surface area contributed by atoms with Crippen LogP contribution in [-0.4, -0.2) is 18.9 Å². The first-order valence-corrected chi connectivity index (χ1v) is 6.98. The van der Waals surface area contributed by atoms with Crippen molar-refractivity contribution < 1.29 is 4.79 Å². The van der Waals surface area contributed by atoms with Gasteiger partial charge in [0.05, 0.1) is 10.9 Å². The zero-order valence-electron chi connectivity index (χ0n) is 10.4. The Morgan fingerprint density at radius 1 is 1.22 bits per heavy atom. The zero-order chi connectivity index (χ0) is 12.8. The third-order valence-corrected chi connectivity index (χ3v) is 3.88. The first-order valence-electron chi connectivity index (χ1n) is 6.10. The van der Waals surface area contributed by atoms with E-state index in [0.29, 0.717) is 0 Å². The van der Waals surface area contributed by atoms with E-state index in [9.17, 15) is 4.79 Å². The van der Waals surface area contributed by atoms with Gasteiger partial charge in [0, 0.05) is 0 Å². The second kappa shape index (κ2) is 6.47. The number of benzene rings is 1. The molecule has 94 valence electrons. The van der Waals surface area contributed by atoms with Gasteiger partial charge < -0.3 is 5.32 Å². The van der Waals surface area contributed by atoms with Crippen molar-refractivity contribution in [1.29, 1.82) is 0 Å². The molecular formula is C15H17NOS. The fourth-order valence-corrected chi connectivity index (χ4v) is 2.67. The predicted octanol–water partition coefficient (Wildman–Crippen LogP) is 3.15. The van der Waals surface area contributed by atoms with Gasteiger partial charge in [0.2, 0.25) is 0 Å². The lowest BCUT2D eigenvalue weighted by Crippen LogP contribution is -2.34. The van der Waals surface area contributed by atoms with Gasteiger partial charge in [0.1, 0.15) is 0 Å². The molecule has 2 aromatic rings. The summed E-state index contributed by atoms with van der Waals surface area (Å²) in [6.45, 7) is 0. The number of aryl methyl sites for hydroxylation is 1. The monoisotopic (exact) mass is 259 g/mol. The maximum absolute atomic E-state index is 12.2. The largest absolute Gasteiger partial charge is 0.310 e. The number of nitrogens with one attached hydrogen (secondary N) is 1. The van der Waals surface area contributed by atoms with Crippen LogP contribution in [0, 0.1) is 0 Å². The van der Waals surface area contributed by atoms with Crippen LogP contribution in [0.4, 0.5) is 0 Å². The normalized spacial score (nSPS) is 12.3. The molecule has 0 radical (unpaired) electrons. The van der Waals surface area contributed by atoms with E-state index in [2.05, 4.69) is 17.4 Å². The van der Waals surface area contributed by atoms with E-state index in [1.54, 1.807) is 0 Å². The quantitative estimate of drug-likeness (QED) is 0.807. The highest BCUT2D eigenvalue weighted by Gasteiger charge is 2.18. The van der Waals surface area contributed by atoms with Crippen molar-refractivity contribution in [3.63, 3.8) is 0 Å². The lowest BCUT2D eigenvalue weighted by molar-refractivity contribution is 0.0946. The molecule has 0 aliphatic carbocycles. The van der Waals surface area contributed by atoms with Gasteiger partial charge in [0.25, 0.3) is 0 Å². The minimum atomic E-state index is -0.0937. The molecule has 0 fully saturated rings. The van der Waals surface area contributed by atoms with Gasteiger partial charge in [-0.05, 0) is 36.9 Å². The number of hydrogen-bond acceptors (Lipinski definition) is 3. The summed E-state index contributed by atoms with van der Waals surface area (Å²) in [6.07, 6.45) is 1.75. The predicted molar refractivity (Wildman–Crippen MR) is 76.3 cm³/mol. The van der Waals surface area contributed by atoms with Crippen molar-refractivity contribution in [1.82, 2.24) is 5.32 Å². The van der Waals surface area contributed by atoms with Crippen LogP contribution < -0.4 is 5.32 Å². The summed E-state index contributed by atoms with van der Waals surface area (Å²) in [6, 6.07) is 14.0. The van der Waals surface area contributed by atoms with E-state index in [4.69, 9.17) is 0 Å². The Morgan fingerprint density at radius 3 is 2.61 bits per heavy atom. The highest BCUT2D eigenvalue weighted by molar-refractivity contribution is 7.12. The molecule has 0 spiro atoms. The molecule has 2 rings (SSSR count). The molecular weight excluding hydrogens is 242 g/mol. The van der Waals surface area contributed by atoms with E-state index in [0.717, 1.165) is 17.7 Å². The molecule has 0 saturated carbocycles. The smallest absolute Gasteiger partial charge is 0.189 e. The molecule has 1 N–H and O–H groups in total. The molecule has 0 aliphatic rings. The van der Waals surface area contributed by atoms with Gasteiger partial charge in [0.15, 0.2) is 5.78 Å². The third-order valence-electron chi connectivity index (χ3n) is 2.99. The second-order valence-electron chi connectivity index (χ2n) is 4.21. The lowest BCUT2D eigenvalue weighted by atomic mass is 10.0. The van der Waals surface area contributed by atoms with Crippen LogP contribution in [0.1, 0.15) is 21.7 Å². The maximum atomic E-state index is 12.2. The lowest BCUT2D eigenvalue weighted by Gasteiger charge is -2.13. The average Bonchev–Trinajstić information content (AvgIpc) is 2.94. The van der Waals surface area contributed by atoms with E-state index < -0.39 is 0 Å². The average molecular weight is 259 g/mol. The first kappa shape index (κ1) is 13.0. The van der Waals surface area contributed by atoms with Crippen molar-refractivity contribution in [2.24, 2.45) is 0 Å². The van der Waals surface area contributed by atoms with Crippen LogP contribution in [0.5, 0.6) is 0 Å². The molecule has 1 unspecified atom stereocenters. The number of Topliss-reactive ketones (excluding diaryl/α,β-unsaturated/α-hetero) is 1. The summed E-state index contributed by atoms with van der Waals surface area (Å²) in [5.74, 6) is 0.198. The van der Waals surface area contributed by atoms with Gasteiger partial charge in [-0.1, -0.05) is 36.4 Å². The van der Waals surface area contributed by atoms with E-state index in [1.165, 1.54) is 16.9 Å². The zero-order valence-corrected chi connectivity index (χ0v) is 11.2. The van der Waals surface area contributed by atoms with Crippen molar-refractivity contribution >= 4 is 17.1 Å². The van der Waals surface area contributed by atoms with Crippen LogP contribution in [-0.2, 0) is 6.42 Å². The Hall–Kier alpha value is -1.45. The highest BCUT2D eigenvalue weighted by Crippen LogP contribution is 2.14. The molecule has 1 aromatic heterocycles.